The van der Waals surface area contributed by atoms with E-state index in [9.17, 15) is 0 Å². The minimum absolute atomic E-state index is 0.278. The average molecular weight is 290 g/mol. The largest absolute Gasteiger partial charge is 0.409 e. The maximum atomic E-state index is 8.89. The number of nitrogens with zero attached hydrogens (tertiary/aromatic N) is 3. The van der Waals surface area contributed by atoms with Crippen LogP contribution in [0, 0.1) is 0 Å². The Morgan fingerprint density at radius 2 is 1.81 bits per heavy atom. The lowest BCUT2D eigenvalue weighted by molar-refractivity contribution is 0.0838. The zero-order chi connectivity index (χ0) is 15.3. The maximum absolute atomic E-state index is 8.89. The molecule has 0 bridgehead atoms. The first-order chi connectivity index (χ1) is 10.0. The van der Waals surface area contributed by atoms with E-state index in [2.05, 4.69) is 45.3 Å². The van der Waals surface area contributed by atoms with Crippen molar-refractivity contribution in [1.82, 2.24) is 9.80 Å². The van der Waals surface area contributed by atoms with Gasteiger partial charge < -0.3 is 15.8 Å². The van der Waals surface area contributed by atoms with Crippen molar-refractivity contribution in [2.24, 2.45) is 10.9 Å². The molecule has 0 aromatic heterocycles. The quantitative estimate of drug-likeness (QED) is 0.372. The molecule has 0 unspecified atom stereocenters. The van der Waals surface area contributed by atoms with E-state index < -0.39 is 0 Å². The van der Waals surface area contributed by atoms with Gasteiger partial charge in [-0.15, -0.1) is 0 Å². The molecule has 2 rings (SSSR count). The summed E-state index contributed by atoms with van der Waals surface area (Å²) < 4.78 is 0. The number of piperazine rings is 1. The molecule has 1 aromatic rings. The lowest BCUT2D eigenvalue weighted by Crippen LogP contribution is -2.59. The van der Waals surface area contributed by atoms with E-state index >= 15 is 0 Å². The molecule has 1 aromatic carbocycles. The van der Waals surface area contributed by atoms with Gasteiger partial charge in [0.25, 0.3) is 0 Å². The van der Waals surface area contributed by atoms with Gasteiger partial charge in [0.05, 0.1) is 5.54 Å². The van der Waals surface area contributed by atoms with E-state index in [0.717, 1.165) is 39.1 Å². The van der Waals surface area contributed by atoms with Gasteiger partial charge in [-0.2, -0.15) is 0 Å². The third-order valence-corrected chi connectivity index (χ3v) is 4.46. The molecule has 3 N–H and O–H groups in total. The number of oxime groups is 1. The predicted molar refractivity (Wildman–Crippen MR) is 85.6 cm³/mol. The van der Waals surface area contributed by atoms with E-state index in [1.807, 2.05) is 13.8 Å². The third-order valence-electron chi connectivity index (χ3n) is 4.46. The van der Waals surface area contributed by atoms with Crippen molar-refractivity contribution < 1.29 is 5.21 Å². The van der Waals surface area contributed by atoms with Crippen LogP contribution in [0.4, 0.5) is 0 Å². The van der Waals surface area contributed by atoms with E-state index in [4.69, 9.17) is 10.9 Å². The molecule has 1 aliphatic heterocycles. The summed E-state index contributed by atoms with van der Waals surface area (Å²) in [5, 5.41) is 12.1. The number of nitrogens with two attached hydrogens (primary N) is 1. The van der Waals surface area contributed by atoms with Crippen LogP contribution in [0.5, 0.6) is 0 Å². The highest BCUT2D eigenvalue weighted by Gasteiger charge is 2.33. The van der Waals surface area contributed by atoms with E-state index in [1.54, 1.807) is 0 Å². The zero-order valence-corrected chi connectivity index (χ0v) is 13.0. The second-order valence-corrected chi connectivity index (χ2v) is 6.11. The van der Waals surface area contributed by atoms with Crippen LogP contribution < -0.4 is 5.73 Å². The summed E-state index contributed by atoms with van der Waals surface area (Å²) in [6.07, 6.45) is 1.09. The molecule has 0 amide bonds. The fraction of sp³-hybridized carbons (Fsp3) is 0.562. The van der Waals surface area contributed by atoms with Crippen molar-refractivity contribution in [2.75, 3.05) is 32.7 Å². The topological polar surface area (TPSA) is 65.1 Å². The Hall–Kier alpha value is -1.59. The first kappa shape index (κ1) is 15.8. The van der Waals surface area contributed by atoms with E-state index in [-0.39, 0.29) is 11.4 Å². The van der Waals surface area contributed by atoms with Gasteiger partial charge in [0.1, 0.15) is 0 Å². The third kappa shape index (κ3) is 3.95. The summed E-state index contributed by atoms with van der Waals surface area (Å²) >= 11 is 0. The highest BCUT2D eigenvalue weighted by molar-refractivity contribution is 5.88. The smallest absolute Gasteiger partial charge is 0.159 e. The fourth-order valence-electron chi connectivity index (χ4n) is 2.75. The Morgan fingerprint density at radius 1 is 1.19 bits per heavy atom. The minimum Gasteiger partial charge on any atom is -0.409 e. The molecule has 1 saturated heterocycles. The van der Waals surface area contributed by atoms with Crippen LogP contribution in [0.25, 0.3) is 0 Å². The molecule has 116 valence electrons. The molecule has 0 aliphatic carbocycles. The van der Waals surface area contributed by atoms with Gasteiger partial charge in [-0.1, -0.05) is 35.5 Å². The maximum Gasteiger partial charge on any atom is 0.159 e. The lowest BCUT2D eigenvalue weighted by atomic mass is 10.00. The van der Waals surface area contributed by atoms with Gasteiger partial charge in [0.2, 0.25) is 0 Å². The van der Waals surface area contributed by atoms with Crippen molar-refractivity contribution in [3.8, 4) is 0 Å². The normalized spacial score (nSPS) is 18.9. The van der Waals surface area contributed by atoms with Crippen LogP contribution in [0.3, 0.4) is 0 Å². The van der Waals surface area contributed by atoms with Gasteiger partial charge in [0.15, 0.2) is 5.84 Å². The van der Waals surface area contributed by atoms with Crippen LogP contribution >= 0.6 is 0 Å². The predicted octanol–water partition coefficient (Wildman–Crippen LogP) is 1.37. The summed E-state index contributed by atoms with van der Waals surface area (Å²) in [6, 6.07) is 10.6. The van der Waals surface area contributed by atoms with Crippen LogP contribution in [0.1, 0.15) is 19.4 Å². The molecular weight excluding hydrogens is 264 g/mol. The Kier molecular flexibility index (Phi) is 5.20. The molecule has 1 fully saturated rings. The Morgan fingerprint density at radius 3 is 2.38 bits per heavy atom. The molecule has 5 nitrogen and oxygen atoms in total. The highest BCUT2D eigenvalue weighted by atomic mass is 16.4. The van der Waals surface area contributed by atoms with Crippen molar-refractivity contribution in [1.29, 1.82) is 0 Å². The SMILES string of the molecule is CC(C)(C(N)=NO)N1CCN(CCc2ccccc2)CC1. The zero-order valence-electron chi connectivity index (χ0n) is 13.0. The van der Waals surface area contributed by atoms with Crippen molar-refractivity contribution in [2.45, 2.75) is 25.8 Å². The van der Waals surface area contributed by atoms with Crippen LogP contribution in [0.2, 0.25) is 0 Å². The van der Waals surface area contributed by atoms with Gasteiger partial charge in [0, 0.05) is 32.7 Å². The molecule has 1 heterocycles. The van der Waals surface area contributed by atoms with Crippen molar-refractivity contribution in [3.63, 3.8) is 0 Å². The number of rotatable bonds is 5. The number of hydrogen-bond donors (Lipinski definition) is 2. The standard InChI is InChI=1S/C16H26N4O/c1-16(2,15(17)18-21)20-12-10-19(11-13-20)9-8-14-6-4-3-5-7-14/h3-7,21H,8-13H2,1-2H3,(H2,17,18). The molecule has 5 heteroatoms. The lowest BCUT2D eigenvalue weighted by Gasteiger charge is -2.43. The Balaban J connectivity index is 1.81. The number of amidine groups is 1. The molecule has 0 radical (unpaired) electrons. The summed E-state index contributed by atoms with van der Waals surface area (Å²) in [7, 11) is 0. The minimum atomic E-state index is -0.389. The first-order valence-corrected chi connectivity index (χ1v) is 7.53. The Bertz CT molecular complexity index is 464. The summed E-state index contributed by atoms with van der Waals surface area (Å²) in [4.78, 5) is 4.76. The molecular formula is C16H26N4O. The fourth-order valence-corrected chi connectivity index (χ4v) is 2.75. The summed E-state index contributed by atoms with van der Waals surface area (Å²) in [5.74, 6) is 0.278. The summed E-state index contributed by atoms with van der Waals surface area (Å²) in [5.41, 5.74) is 6.79. The Labute approximate surface area is 127 Å². The number of benzene rings is 1. The van der Waals surface area contributed by atoms with E-state index in [0.29, 0.717) is 0 Å². The monoisotopic (exact) mass is 290 g/mol. The van der Waals surface area contributed by atoms with Crippen molar-refractivity contribution >= 4 is 5.84 Å². The van der Waals surface area contributed by atoms with Gasteiger partial charge >= 0.3 is 0 Å². The van der Waals surface area contributed by atoms with Crippen LogP contribution in [-0.2, 0) is 6.42 Å². The second-order valence-electron chi connectivity index (χ2n) is 6.11. The number of hydrogen-bond acceptors (Lipinski definition) is 4. The molecule has 21 heavy (non-hydrogen) atoms. The van der Waals surface area contributed by atoms with Crippen molar-refractivity contribution in [3.05, 3.63) is 35.9 Å². The molecule has 1 aliphatic rings. The van der Waals surface area contributed by atoms with Gasteiger partial charge in [-0.25, -0.2) is 0 Å². The molecule has 0 atom stereocenters. The highest BCUT2D eigenvalue weighted by Crippen LogP contribution is 2.17. The molecule has 0 spiro atoms. The van der Waals surface area contributed by atoms with Gasteiger partial charge in [-0.05, 0) is 25.8 Å². The van der Waals surface area contributed by atoms with Crippen LogP contribution in [-0.4, -0.2) is 59.1 Å². The van der Waals surface area contributed by atoms with Crippen LogP contribution in [0.15, 0.2) is 35.5 Å². The van der Waals surface area contributed by atoms with Gasteiger partial charge in [-0.3, -0.25) is 4.90 Å². The molecule has 0 saturated carbocycles. The second kappa shape index (κ2) is 6.91. The first-order valence-electron chi connectivity index (χ1n) is 7.53. The average Bonchev–Trinajstić information content (AvgIpc) is 2.53. The van der Waals surface area contributed by atoms with E-state index in [1.165, 1.54) is 5.56 Å². The summed E-state index contributed by atoms with van der Waals surface area (Å²) in [6.45, 7) is 9.02.